The zero-order chi connectivity index (χ0) is 13.1. The minimum absolute atomic E-state index is 0.898. The predicted octanol–water partition coefficient (Wildman–Crippen LogP) is 3.61. The summed E-state index contributed by atoms with van der Waals surface area (Å²) in [6, 6.07) is 18.6. The first-order valence-corrected chi connectivity index (χ1v) is 6.55. The van der Waals surface area contributed by atoms with Gasteiger partial charge in [-0.2, -0.15) is 0 Å². The van der Waals surface area contributed by atoms with Gasteiger partial charge >= 0.3 is 0 Å². The Morgan fingerprint density at radius 2 is 1.75 bits per heavy atom. The van der Waals surface area contributed by atoms with Gasteiger partial charge in [0.15, 0.2) is 11.5 Å². The molecule has 5 rings (SSSR count). The van der Waals surface area contributed by atoms with E-state index in [4.69, 9.17) is 0 Å². The highest BCUT2D eigenvalue weighted by Crippen LogP contribution is 2.37. The molecule has 0 spiro atoms. The molecule has 0 fully saturated rings. The minimum atomic E-state index is 0.898. The number of hydrogen-bond donors (Lipinski definition) is 1. The summed E-state index contributed by atoms with van der Waals surface area (Å²) in [6.07, 6.45) is 0. The van der Waals surface area contributed by atoms with Crippen molar-refractivity contribution in [1.29, 1.82) is 0 Å². The Balaban J connectivity index is 2.02. The quantitative estimate of drug-likeness (QED) is 0.461. The van der Waals surface area contributed by atoms with Gasteiger partial charge < -0.3 is 5.32 Å². The second kappa shape index (κ2) is 3.36. The number of nitrogens with one attached hydrogen (secondary N) is 1. The third-order valence-electron chi connectivity index (χ3n) is 3.83. The molecule has 0 amide bonds. The van der Waals surface area contributed by atoms with Crippen LogP contribution in [0.4, 0.5) is 11.5 Å². The molecule has 1 N–H and O–H groups in total. The van der Waals surface area contributed by atoms with Crippen molar-refractivity contribution in [2.24, 2.45) is 0 Å². The standard InChI is InChI=1S/C16H10N4/c1-2-6-11-10(5-1)9-14-17-13-8-4-3-7-12(13)16-19-18-15(11)20(14)16/h1-9,17H. The fourth-order valence-corrected chi connectivity index (χ4v) is 2.92. The molecule has 4 heteroatoms. The summed E-state index contributed by atoms with van der Waals surface area (Å²) >= 11 is 0. The fourth-order valence-electron chi connectivity index (χ4n) is 2.92. The van der Waals surface area contributed by atoms with Crippen molar-refractivity contribution < 1.29 is 0 Å². The van der Waals surface area contributed by atoms with Crippen molar-refractivity contribution >= 4 is 27.9 Å². The molecular weight excluding hydrogens is 248 g/mol. The van der Waals surface area contributed by atoms with Gasteiger partial charge in [-0.3, -0.25) is 4.40 Å². The number of anilines is 2. The maximum atomic E-state index is 4.39. The van der Waals surface area contributed by atoms with Crippen molar-refractivity contribution in [2.45, 2.75) is 0 Å². The fraction of sp³-hybridized carbons (Fsp3) is 0. The van der Waals surface area contributed by atoms with Gasteiger partial charge in [-0.1, -0.05) is 36.4 Å². The number of nitrogens with zero attached hydrogens (tertiary/aromatic N) is 3. The first kappa shape index (κ1) is 9.97. The van der Waals surface area contributed by atoms with Gasteiger partial charge in [0.25, 0.3) is 0 Å². The van der Waals surface area contributed by atoms with Crippen LogP contribution in [0, 0.1) is 0 Å². The maximum Gasteiger partial charge on any atom is 0.172 e. The minimum Gasteiger partial charge on any atom is -0.341 e. The summed E-state index contributed by atoms with van der Waals surface area (Å²) < 4.78 is 2.09. The van der Waals surface area contributed by atoms with E-state index in [2.05, 4.69) is 50.2 Å². The SMILES string of the molecule is c1ccc2c(c1)Nc1cc3ccccc3c3nnc-2n13. The van der Waals surface area contributed by atoms with E-state index in [1.165, 1.54) is 5.39 Å². The monoisotopic (exact) mass is 258 g/mol. The molecule has 0 bridgehead atoms. The van der Waals surface area contributed by atoms with Crippen LogP contribution in [0.3, 0.4) is 0 Å². The summed E-state index contributed by atoms with van der Waals surface area (Å²) in [6.45, 7) is 0. The van der Waals surface area contributed by atoms with Crippen molar-refractivity contribution in [3.8, 4) is 11.4 Å². The van der Waals surface area contributed by atoms with Gasteiger partial charge in [0.2, 0.25) is 0 Å². The summed E-state index contributed by atoms with van der Waals surface area (Å²) in [4.78, 5) is 0. The van der Waals surface area contributed by atoms with Crippen LogP contribution in [0.25, 0.3) is 27.8 Å². The largest absolute Gasteiger partial charge is 0.341 e. The van der Waals surface area contributed by atoms with Crippen molar-refractivity contribution in [3.63, 3.8) is 0 Å². The van der Waals surface area contributed by atoms with Crippen LogP contribution in [0.5, 0.6) is 0 Å². The zero-order valence-corrected chi connectivity index (χ0v) is 10.5. The van der Waals surface area contributed by atoms with Crippen LogP contribution in [0.15, 0.2) is 54.6 Å². The second-order valence-electron chi connectivity index (χ2n) is 4.97. The molecule has 0 saturated carbocycles. The molecule has 1 aliphatic heterocycles. The molecular formula is C16H10N4. The molecule has 0 radical (unpaired) electrons. The average Bonchev–Trinajstić information content (AvgIpc) is 2.94. The lowest BCUT2D eigenvalue weighted by Crippen LogP contribution is -2.07. The summed E-state index contributed by atoms with van der Waals surface area (Å²) in [5.41, 5.74) is 3.06. The zero-order valence-electron chi connectivity index (χ0n) is 10.5. The Morgan fingerprint density at radius 1 is 0.900 bits per heavy atom. The number of pyridine rings is 1. The Bertz CT molecular complexity index is 984. The normalized spacial score (nSPS) is 12.4. The van der Waals surface area contributed by atoms with E-state index < -0.39 is 0 Å². The number of fused-ring (bicyclic) bond motifs is 4. The molecule has 3 heterocycles. The predicted molar refractivity (Wildman–Crippen MR) is 79.2 cm³/mol. The highest BCUT2D eigenvalue weighted by molar-refractivity contribution is 5.99. The van der Waals surface area contributed by atoms with Crippen LogP contribution in [-0.4, -0.2) is 14.6 Å². The lowest BCUT2D eigenvalue weighted by atomic mass is 10.1. The number of rotatable bonds is 0. The number of para-hydroxylation sites is 1. The molecule has 2 aromatic heterocycles. The van der Waals surface area contributed by atoms with Crippen LogP contribution in [0.2, 0.25) is 0 Å². The Hall–Kier alpha value is -2.88. The van der Waals surface area contributed by atoms with Crippen LogP contribution >= 0.6 is 0 Å². The van der Waals surface area contributed by atoms with E-state index in [1.54, 1.807) is 0 Å². The molecule has 20 heavy (non-hydrogen) atoms. The Kier molecular flexibility index (Phi) is 1.68. The van der Waals surface area contributed by atoms with Gasteiger partial charge in [0.05, 0.1) is 5.69 Å². The molecule has 0 saturated heterocycles. The number of aromatic nitrogens is 3. The van der Waals surface area contributed by atoms with Gasteiger partial charge in [-0.05, 0) is 23.6 Å². The third-order valence-corrected chi connectivity index (χ3v) is 3.83. The van der Waals surface area contributed by atoms with Gasteiger partial charge in [-0.15, -0.1) is 10.2 Å². The molecule has 4 nitrogen and oxygen atoms in total. The average molecular weight is 258 g/mol. The molecule has 0 aliphatic carbocycles. The highest BCUT2D eigenvalue weighted by Gasteiger charge is 2.21. The number of hydrogen-bond acceptors (Lipinski definition) is 3. The molecule has 2 aromatic carbocycles. The van der Waals surface area contributed by atoms with E-state index >= 15 is 0 Å². The second-order valence-corrected chi connectivity index (χ2v) is 4.97. The van der Waals surface area contributed by atoms with Crippen LogP contribution in [0.1, 0.15) is 0 Å². The van der Waals surface area contributed by atoms with Crippen molar-refractivity contribution in [2.75, 3.05) is 5.32 Å². The van der Waals surface area contributed by atoms with Gasteiger partial charge in [0.1, 0.15) is 5.82 Å². The molecule has 0 unspecified atom stereocenters. The summed E-state index contributed by atoms with van der Waals surface area (Å²) in [7, 11) is 0. The van der Waals surface area contributed by atoms with Crippen LogP contribution in [-0.2, 0) is 0 Å². The van der Waals surface area contributed by atoms with Gasteiger partial charge in [0, 0.05) is 10.9 Å². The maximum absolute atomic E-state index is 4.39. The lowest BCUT2D eigenvalue weighted by molar-refractivity contribution is 1.10. The summed E-state index contributed by atoms with van der Waals surface area (Å²) in [5, 5.41) is 14.5. The van der Waals surface area contributed by atoms with Crippen molar-refractivity contribution in [1.82, 2.24) is 14.6 Å². The molecule has 0 atom stereocenters. The highest BCUT2D eigenvalue weighted by atomic mass is 15.3. The molecule has 4 aromatic rings. The smallest absolute Gasteiger partial charge is 0.172 e. The van der Waals surface area contributed by atoms with Gasteiger partial charge in [-0.25, -0.2) is 0 Å². The first-order chi connectivity index (χ1) is 9.92. The van der Waals surface area contributed by atoms with Crippen LogP contribution < -0.4 is 5.32 Å². The Labute approximate surface area is 114 Å². The Morgan fingerprint density at radius 3 is 2.75 bits per heavy atom. The van der Waals surface area contributed by atoms with E-state index in [0.717, 1.165) is 33.9 Å². The van der Waals surface area contributed by atoms with E-state index in [-0.39, 0.29) is 0 Å². The molecule has 94 valence electrons. The third kappa shape index (κ3) is 1.11. The summed E-state index contributed by atoms with van der Waals surface area (Å²) in [5.74, 6) is 1.91. The first-order valence-electron chi connectivity index (χ1n) is 6.55. The lowest BCUT2D eigenvalue weighted by Gasteiger charge is -2.19. The van der Waals surface area contributed by atoms with E-state index in [0.29, 0.717) is 0 Å². The van der Waals surface area contributed by atoms with Crippen molar-refractivity contribution in [3.05, 3.63) is 54.6 Å². The molecule has 1 aliphatic rings. The van der Waals surface area contributed by atoms with E-state index in [9.17, 15) is 0 Å². The van der Waals surface area contributed by atoms with E-state index in [1.807, 2.05) is 24.3 Å². The number of benzene rings is 2. The topological polar surface area (TPSA) is 42.2 Å².